The van der Waals surface area contributed by atoms with Gasteiger partial charge in [0, 0.05) is 15.7 Å². The molecule has 3 rings (SSSR count). The van der Waals surface area contributed by atoms with E-state index in [9.17, 15) is 0 Å². The van der Waals surface area contributed by atoms with Gasteiger partial charge in [-0.3, -0.25) is 0 Å². The Kier molecular flexibility index (Phi) is 3.46. The highest BCUT2D eigenvalue weighted by Crippen LogP contribution is 2.33. The fourth-order valence-electron chi connectivity index (χ4n) is 1.81. The fraction of sp³-hybridized carbons (Fsp3) is 0. The van der Waals surface area contributed by atoms with Crippen molar-refractivity contribution in [1.29, 1.82) is 0 Å². The second-order valence-electron chi connectivity index (χ2n) is 4.13. The van der Waals surface area contributed by atoms with E-state index in [4.69, 9.17) is 21.9 Å². The van der Waals surface area contributed by atoms with Crippen LogP contribution in [0.5, 0.6) is 0 Å². The van der Waals surface area contributed by atoms with Crippen molar-refractivity contribution in [3.05, 3.63) is 52.0 Å². The van der Waals surface area contributed by atoms with Crippen molar-refractivity contribution in [3.8, 4) is 22.8 Å². The average molecular weight is 351 g/mol. The van der Waals surface area contributed by atoms with E-state index in [0.717, 1.165) is 10.0 Å². The highest BCUT2D eigenvalue weighted by Gasteiger charge is 2.15. The maximum Gasteiger partial charge on any atom is 0.261 e. The van der Waals surface area contributed by atoms with Gasteiger partial charge in [0.05, 0.1) is 10.6 Å². The van der Waals surface area contributed by atoms with Gasteiger partial charge in [-0.15, -0.1) is 0 Å². The highest BCUT2D eigenvalue weighted by molar-refractivity contribution is 9.10. The van der Waals surface area contributed by atoms with E-state index in [-0.39, 0.29) is 0 Å². The zero-order valence-electron chi connectivity index (χ0n) is 10.2. The molecule has 0 radical (unpaired) electrons. The molecular formula is C14H9BrClN3O. The third-order valence-corrected chi connectivity index (χ3v) is 3.63. The van der Waals surface area contributed by atoms with Gasteiger partial charge < -0.3 is 10.3 Å². The minimum Gasteiger partial charge on any atom is -0.398 e. The number of hydrogen-bond acceptors (Lipinski definition) is 4. The van der Waals surface area contributed by atoms with E-state index in [2.05, 4.69) is 26.1 Å². The van der Waals surface area contributed by atoms with Gasteiger partial charge in [-0.05, 0) is 36.4 Å². The third kappa shape index (κ3) is 2.42. The average Bonchev–Trinajstić information content (AvgIpc) is 2.89. The lowest BCUT2D eigenvalue weighted by molar-refractivity contribution is 0.432. The zero-order chi connectivity index (χ0) is 14.1. The first kappa shape index (κ1) is 13.1. The summed E-state index contributed by atoms with van der Waals surface area (Å²) in [6, 6.07) is 12.9. The molecule has 3 aromatic rings. The predicted octanol–water partition coefficient (Wildman–Crippen LogP) is 4.40. The topological polar surface area (TPSA) is 64.9 Å². The van der Waals surface area contributed by atoms with Crippen LogP contribution >= 0.6 is 27.5 Å². The normalized spacial score (nSPS) is 10.7. The molecule has 4 nitrogen and oxygen atoms in total. The molecule has 20 heavy (non-hydrogen) atoms. The summed E-state index contributed by atoms with van der Waals surface area (Å²) in [5.74, 6) is 0.804. The molecule has 2 N–H and O–H groups in total. The number of nitrogens with zero attached hydrogens (tertiary/aromatic N) is 2. The smallest absolute Gasteiger partial charge is 0.261 e. The van der Waals surface area contributed by atoms with Crippen LogP contribution < -0.4 is 5.73 Å². The number of rotatable bonds is 2. The molecular weight excluding hydrogens is 342 g/mol. The number of nitrogens with two attached hydrogens (primary N) is 1. The van der Waals surface area contributed by atoms with E-state index < -0.39 is 0 Å². The first-order valence-electron chi connectivity index (χ1n) is 5.79. The summed E-state index contributed by atoms with van der Waals surface area (Å²) in [5.41, 5.74) is 7.82. The Bertz CT molecular complexity index is 735. The first-order valence-corrected chi connectivity index (χ1v) is 6.96. The van der Waals surface area contributed by atoms with Crippen molar-refractivity contribution in [2.24, 2.45) is 0 Å². The number of nitrogen functional groups attached to an aromatic ring is 1. The highest BCUT2D eigenvalue weighted by atomic mass is 79.9. The number of halogens is 2. The molecule has 0 bridgehead atoms. The maximum absolute atomic E-state index is 6.13. The van der Waals surface area contributed by atoms with Gasteiger partial charge in [0.25, 0.3) is 5.89 Å². The summed E-state index contributed by atoms with van der Waals surface area (Å²) in [7, 11) is 0. The molecule has 0 aliphatic heterocycles. The van der Waals surface area contributed by atoms with Crippen molar-refractivity contribution in [2.45, 2.75) is 0 Å². The summed E-state index contributed by atoms with van der Waals surface area (Å²) in [6.07, 6.45) is 0. The van der Waals surface area contributed by atoms with Gasteiger partial charge in [-0.1, -0.05) is 38.8 Å². The zero-order valence-corrected chi connectivity index (χ0v) is 12.5. The quantitative estimate of drug-likeness (QED) is 0.696. The van der Waals surface area contributed by atoms with Crippen molar-refractivity contribution < 1.29 is 4.52 Å². The lowest BCUT2D eigenvalue weighted by Gasteiger charge is -2.01. The molecule has 6 heteroatoms. The van der Waals surface area contributed by atoms with Gasteiger partial charge in [0.2, 0.25) is 5.82 Å². The van der Waals surface area contributed by atoms with E-state index >= 15 is 0 Å². The molecule has 0 amide bonds. The van der Waals surface area contributed by atoms with Crippen molar-refractivity contribution in [2.75, 3.05) is 5.73 Å². The molecule has 1 heterocycles. The number of anilines is 1. The molecule has 1 aromatic heterocycles. The number of aromatic nitrogens is 2. The van der Waals surface area contributed by atoms with Crippen LogP contribution in [0.2, 0.25) is 5.02 Å². The van der Waals surface area contributed by atoms with Crippen molar-refractivity contribution >= 4 is 33.2 Å². The molecule has 0 aliphatic rings. The summed E-state index contributed by atoms with van der Waals surface area (Å²) in [4.78, 5) is 4.34. The van der Waals surface area contributed by atoms with E-state index in [1.807, 2.05) is 24.3 Å². The largest absolute Gasteiger partial charge is 0.398 e. The SMILES string of the molecule is Nc1cccc(Cl)c1-c1nc(-c2ccc(Br)cc2)no1. The Hall–Kier alpha value is -1.85. The Labute approximate surface area is 128 Å². The van der Waals surface area contributed by atoms with E-state index in [0.29, 0.717) is 28.0 Å². The van der Waals surface area contributed by atoms with E-state index in [1.54, 1.807) is 18.2 Å². The monoisotopic (exact) mass is 349 g/mol. The maximum atomic E-state index is 6.13. The van der Waals surface area contributed by atoms with Crippen LogP contribution in [0.25, 0.3) is 22.8 Å². The van der Waals surface area contributed by atoms with Crippen LogP contribution in [0.4, 0.5) is 5.69 Å². The molecule has 0 spiro atoms. The molecule has 2 aromatic carbocycles. The van der Waals surface area contributed by atoms with Gasteiger partial charge in [0.15, 0.2) is 0 Å². The van der Waals surface area contributed by atoms with Crippen LogP contribution in [0.3, 0.4) is 0 Å². The Balaban J connectivity index is 2.04. The second kappa shape index (κ2) is 5.26. The molecule has 0 saturated heterocycles. The summed E-state index contributed by atoms with van der Waals surface area (Å²) >= 11 is 9.51. The molecule has 0 atom stereocenters. The Morgan fingerprint density at radius 3 is 2.55 bits per heavy atom. The Morgan fingerprint density at radius 1 is 1.10 bits per heavy atom. The van der Waals surface area contributed by atoms with Crippen LogP contribution in [-0.2, 0) is 0 Å². The fourth-order valence-corrected chi connectivity index (χ4v) is 2.33. The minimum absolute atomic E-state index is 0.311. The molecule has 0 fully saturated rings. The van der Waals surface area contributed by atoms with Gasteiger partial charge in [0.1, 0.15) is 0 Å². The summed E-state index contributed by atoms with van der Waals surface area (Å²) < 4.78 is 6.25. The van der Waals surface area contributed by atoms with Gasteiger partial charge in [-0.2, -0.15) is 4.98 Å². The van der Waals surface area contributed by atoms with Crippen LogP contribution in [-0.4, -0.2) is 10.1 Å². The van der Waals surface area contributed by atoms with Crippen molar-refractivity contribution in [1.82, 2.24) is 10.1 Å². The molecule has 0 unspecified atom stereocenters. The summed E-state index contributed by atoms with van der Waals surface area (Å²) in [5, 5.41) is 4.44. The minimum atomic E-state index is 0.311. The molecule has 0 aliphatic carbocycles. The lowest BCUT2D eigenvalue weighted by atomic mass is 10.2. The second-order valence-corrected chi connectivity index (χ2v) is 5.46. The standard InChI is InChI=1S/C14H9BrClN3O/c15-9-6-4-8(5-7-9)13-18-14(20-19-13)12-10(16)2-1-3-11(12)17/h1-7H,17H2. The Morgan fingerprint density at radius 2 is 1.85 bits per heavy atom. The first-order chi connectivity index (χ1) is 9.65. The van der Waals surface area contributed by atoms with Crippen LogP contribution in [0.1, 0.15) is 0 Å². The molecule has 0 saturated carbocycles. The van der Waals surface area contributed by atoms with Crippen molar-refractivity contribution in [3.63, 3.8) is 0 Å². The van der Waals surface area contributed by atoms with Crippen LogP contribution in [0.15, 0.2) is 51.5 Å². The molecule has 100 valence electrons. The van der Waals surface area contributed by atoms with Gasteiger partial charge >= 0.3 is 0 Å². The third-order valence-electron chi connectivity index (χ3n) is 2.79. The summed E-state index contributed by atoms with van der Waals surface area (Å²) in [6.45, 7) is 0. The predicted molar refractivity (Wildman–Crippen MR) is 82.3 cm³/mol. The van der Waals surface area contributed by atoms with Gasteiger partial charge in [-0.25, -0.2) is 0 Å². The number of hydrogen-bond donors (Lipinski definition) is 1. The number of benzene rings is 2. The van der Waals surface area contributed by atoms with E-state index in [1.165, 1.54) is 0 Å². The lowest BCUT2D eigenvalue weighted by Crippen LogP contribution is -1.90. The van der Waals surface area contributed by atoms with Crippen LogP contribution in [0, 0.1) is 0 Å².